The first kappa shape index (κ1) is 66.1. The van der Waals surface area contributed by atoms with Gasteiger partial charge in [0.25, 0.3) is 0 Å². The molecule has 5 heteroatoms. The highest BCUT2D eigenvalue weighted by atomic mass is 16.6. The molecule has 0 N–H and O–H groups in total. The van der Waals surface area contributed by atoms with Crippen molar-refractivity contribution in [1.82, 2.24) is 0 Å². The average molecular weight is 956 g/mol. The Labute approximate surface area is 425 Å². The van der Waals surface area contributed by atoms with Gasteiger partial charge >= 0.3 is 11.9 Å². The first-order valence-corrected chi connectivity index (χ1v) is 30.5. The fourth-order valence-corrected chi connectivity index (χ4v) is 9.03. The number of rotatable bonds is 57. The highest BCUT2D eigenvalue weighted by Crippen LogP contribution is 2.16. The molecule has 0 amide bonds. The molecular formula is C63H118O5. The lowest BCUT2D eigenvalue weighted by molar-refractivity contribution is -0.163. The van der Waals surface area contributed by atoms with Crippen LogP contribution in [-0.2, 0) is 23.8 Å². The number of carbonyl (C=O) groups is 2. The molecule has 0 aromatic rings. The normalized spacial score (nSPS) is 12.3. The van der Waals surface area contributed by atoms with Gasteiger partial charge in [-0.2, -0.15) is 0 Å². The molecule has 0 aliphatic rings. The smallest absolute Gasteiger partial charge is 0.306 e. The lowest BCUT2D eigenvalue weighted by Gasteiger charge is -2.18. The van der Waals surface area contributed by atoms with Crippen molar-refractivity contribution in [3.05, 3.63) is 36.5 Å². The van der Waals surface area contributed by atoms with Crippen LogP contribution >= 0.6 is 0 Å². The van der Waals surface area contributed by atoms with Crippen LogP contribution in [0.1, 0.15) is 329 Å². The fourth-order valence-electron chi connectivity index (χ4n) is 9.03. The van der Waals surface area contributed by atoms with E-state index in [0.29, 0.717) is 19.4 Å². The van der Waals surface area contributed by atoms with Crippen molar-refractivity contribution in [3.63, 3.8) is 0 Å². The van der Waals surface area contributed by atoms with Crippen molar-refractivity contribution in [2.24, 2.45) is 0 Å². The second-order valence-corrected chi connectivity index (χ2v) is 20.6. The van der Waals surface area contributed by atoms with E-state index in [0.717, 1.165) is 38.5 Å². The van der Waals surface area contributed by atoms with Crippen molar-refractivity contribution < 1.29 is 23.8 Å². The zero-order valence-corrected chi connectivity index (χ0v) is 46.1. The Kier molecular flexibility index (Phi) is 57.8. The molecule has 400 valence electrons. The Hall–Kier alpha value is -1.88. The van der Waals surface area contributed by atoms with Crippen LogP contribution in [0.2, 0.25) is 0 Å². The fraction of sp³-hybridized carbons (Fsp3) is 0.873. The summed E-state index contributed by atoms with van der Waals surface area (Å²) in [4.78, 5) is 25.6. The number of unbranched alkanes of at least 4 members (excludes halogenated alkanes) is 40. The van der Waals surface area contributed by atoms with Gasteiger partial charge < -0.3 is 14.2 Å². The second kappa shape index (κ2) is 59.4. The van der Waals surface area contributed by atoms with Gasteiger partial charge in [-0.05, 0) is 96.3 Å². The van der Waals surface area contributed by atoms with Crippen molar-refractivity contribution in [2.45, 2.75) is 335 Å². The molecule has 0 aliphatic carbocycles. The topological polar surface area (TPSA) is 61.8 Å². The Morgan fingerprint density at radius 1 is 0.309 bits per heavy atom. The van der Waals surface area contributed by atoms with E-state index in [1.807, 2.05) is 0 Å². The third-order valence-corrected chi connectivity index (χ3v) is 13.6. The van der Waals surface area contributed by atoms with Gasteiger partial charge in [0.1, 0.15) is 6.61 Å². The molecule has 0 bridgehead atoms. The van der Waals surface area contributed by atoms with Crippen LogP contribution in [0.5, 0.6) is 0 Å². The van der Waals surface area contributed by atoms with Gasteiger partial charge in [-0.3, -0.25) is 9.59 Å². The summed E-state index contributed by atoms with van der Waals surface area (Å²) in [5.74, 6) is -0.390. The maximum absolute atomic E-state index is 12.9. The Balaban J connectivity index is 4.26. The molecule has 0 saturated carbocycles. The molecule has 1 atom stereocenters. The predicted molar refractivity (Wildman–Crippen MR) is 298 cm³/mol. The highest BCUT2D eigenvalue weighted by Gasteiger charge is 2.17. The van der Waals surface area contributed by atoms with Crippen LogP contribution in [0.3, 0.4) is 0 Å². The predicted octanol–water partition coefficient (Wildman–Crippen LogP) is 20.9. The van der Waals surface area contributed by atoms with Gasteiger partial charge in [-0.1, -0.05) is 256 Å². The number of allylic oxidation sites excluding steroid dienone is 6. The highest BCUT2D eigenvalue weighted by molar-refractivity contribution is 5.70. The minimum atomic E-state index is -0.540. The summed E-state index contributed by atoms with van der Waals surface area (Å²) in [5, 5.41) is 0. The Bertz CT molecular complexity index is 1080. The van der Waals surface area contributed by atoms with Gasteiger partial charge in [0.15, 0.2) is 6.10 Å². The molecule has 0 aliphatic heterocycles. The standard InChI is InChI=1S/C63H118O5/c1-4-7-10-13-16-19-22-25-28-31-34-37-40-43-46-49-52-55-58-66-59-61(68-63(65)57-54-51-48-45-42-39-36-33-30-27-24-21-18-15-12-9-6-3)60-67-62(64)56-53-50-47-44-41-38-35-32-29-26-23-20-17-14-11-8-5-2/h25-30,61H,4-24,31-60H2,1-3H3/b28-25-,29-26-,30-27-. The van der Waals surface area contributed by atoms with Crippen molar-refractivity contribution in [1.29, 1.82) is 0 Å². The van der Waals surface area contributed by atoms with E-state index in [1.165, 1.54) is 257 Å². The van der Waals surface area contributed by atoms with Gasteiger partial charge in [0.05, 0.1) is 6.61 Å². The SMILES string of the molecule is CCCCCCCC/C=C\CCCCCCCCCCOCC(COC(=O)CCCCCCCCC/C=C\CCCCCCCC)OC(=O)CCCCCCCCC/C=C\CCCCCCCC. The van der Waals surface area contributed by atoms with Crippen molar-refractivity contribution in [2.75, 3.05) is 19.8 Å². The zero-order chi connectivity index (χ0) is 49.2. The quantitative estimate of drug-likeness (QED) is 0.0345. The van der Waals surface area contributed by atoms with E-state index >= 15 is 0 Å². The average Bonchev–Trinajstić information content (AvgIpc) is 3.34. The molecule has 0 fully saturated rings. The first-order valence-electron chi connectivity index (χ1n) is 30.5. The molecule has 0 aromatic carbocycles. The molecule has 0 saturated heterocycles. The minimum absolute atomic E-state index is 0.0845. The molecule has 68 heavy (non-hydrogen) atoms. The number of carbonyl (C=O) groups excluding carboxylic acids is 2. The summed E-state index contributed by atoms with van der Waals surface area (Å²) in [6.07, 6.45) is 73.1. The van der Waals surface area contributed by atoms with Crippen LogP contribution in [-0.4, -0.2) is 37.9 Å². The summed E-state index contributed by atoms with van der Waals surface area (Å²) in [5.41, 5.74) is 0. The number of ether oxygens (including phenoxy) is 3. The van der Waals surface area contributed by atoms with Crippen molar-refractivity contribution >= 4 is 11.9 Å². The van der Waals surface area contributed by atoms with Gasteiger partial charge in [0.2, 0.25) is 0 Å². The summed E-state index contributed by atoms with van der Waals surface area (Å²) >= 11 is 0. The first-order chi connectivity index (χ1) is 33.6. The third kappa shape index (κ3) is 56.7. The second-order valence-electron chi connectivity index (χ2n) is 20.6. The molecular weight excluding hydrogens is 837 g/mol. The lowest BCUT2D eigenvalue weighted by atomic mass is 10.1. The van der Waals surface area contributed by atoms with Crippen LogP contribution in [0.15, 0.2) is 36.5 Å². The van der Waals surface area contributed by atoms with Crippen LogP contribution in [0, 0.1) is 0 Å². The Morgan fingerprint density at radius 2 is 0.574 bits per heavy atom. The minimum Gasteiger partial charge on any atom is -0.462 e. The largest absolute Gasteiger partial charge is 0.462 e. The molecule has 0 rings (SSSR count). The summed E-state index contributed by atoms with van der Waals surface area (Å²) in [6.45, 7) is 7.86. The molecule has 0 radical (unpaired) electrons. The number of hydrogen-bond acceptors (Lipinski definition) is 5. The van der Waals surface area contributed by atoms with E-state index < -0.39 is 6.10 Å². The summed E-state index contributed by atoms with van der Waals surface area (Å²) in [6, 6.07) is 0. The summed E-state index contributed by atoms with van der Waals surface area (Å²) in [7, 11) is 0. The van der Waals surface area contributed by atoms with Crippen molar-refractivity contribution in [3.8, 4) is 0 Å². The monoisotopic (exact) mass is 955 g/mol. The van der Waals surface area contributed by atoms with Gasteiger partial charge in [0, 0.05) is 19.4 Å². The summed E-state index contributed by atoms with van der Waals surface area (Å²) < 4.78 is 17.5. The zero-order valence-electron chi connectivity index (χ0n) is 46.1. The molecule has 0 heterocycles. The third-order valence-electron chi connectivity index (χ3n) is 13.6. The molecule has 0 aromatic heterocycles. The molecule has 5 nitrogen and oxygen atoms in total. The number of esters is 2. The van der Waals surface area contributed by atoms with Gasteiger partial charge in [-0.25, -0.2) is 0 Å². The van der Waals surface area contributed by atoms with Gasteiger partial charge in [-0.15, -0.1) is 0 Å². The molecule has 1 unspecified atom stereocenters. The van der Waals surface area contributed by atoms with Crippen LogP contribution in [0.4, 0.5) is 0 Å². The van der Waals surface area contributed by atoms with E-state index in [9.17, 15) is 9.59 Å². The van der Waals surface area contributed by atoms with E-state index in [-0.39, 0.29) is 25.2 Å². The maximum atomic E-state index is 12.9. The van der Waals surface area contributed by atoms with E-state index in [1.54, 1.807) is 0 Å². The Morgan fingerprint density at radius 3 is 0.897 bits per heavy atom. The lowest BCUT2D eigenvalue weighted by Crippen LogP contribution is -2.30. The van der Waals surface area contributed by atoms with Crippen LogP contribution in [0.25, 0.3) is 0 Å². The maximum Gasteiger partial charge on any atom is 0.306 e. The van der Waals surface area contributed by atoms with E-state index in [2.05, 4.69) is 57.2 Å². The van der Waals surface area contributed by atoms with E-state index in [4.69, 9.17) is 14.2 Å². The molecule has 0 spiro atoms. The number of hydrogen-bond donors (Lipinski definition) is 0. The van der Waals surface area contributed by atoms with Crippen LogP contribution < -0.4 is 0 Å².